The molecule has 0 atom stereocenters. The third kappa shape index (κ3) is 4.65. The topological polar surface area (TPSA) is 91.5 Å². The molecule has 2 aromatic rings. The van der Waals surface area contributed by atoms with E-state index >= 15 is 0 Å². The van der Waals surface area contributed by atoms with Crippen molar-refractivity contribution >= 4 is 17.5 Å². The lowest BCUT2D eigenvalue weighted by atomic mass is 10.1. The molecular formula is C16H18F5N7. The summed E-state index contributed by atoms with van der Waals surface area (Å²) < 4.78 is 66.3. The minimum atomic E-state index is -4.81. The van der Waals surface area contributed by atoms with Gasteiger partial charge >= 0.3 is 6.18 Å². The van der Waals surface area contributed by atoms with Crippen molar-refractivity contribution in [1.82, 2.24) is 19.7 Å². The molecule has 2 N–H and O–H groups in total. The number of alkyl halides is 5. The number of nitrogens with one attached hydrogen (secondary N) is 2. The van der Waals surface area contributed by atoms with E-state index in [2.05, 4.69) is 31.8 Å². The molecule has 12 heteroatoms. The lowest BCUT2D eigenvalue weighted by molar-refractivity contribution is -0.137. The van der Waals surface area contributed by atoms with Crippen LogP contribution in [-0.2, 0) is 11.7 Å². The molecule has 28 heavy (non-hydrogen) atoms. The molecule has 0 saturated heterocycles. The molecule has 0 aliphatic rings. The quantitative estimate of drug-likeness (QED) is 0.685. The molecule has 0 saturated carbocycles. The Morgan fingerprint density at radius 3 is 2.43 bits per heavy atom. The fourth-order valence-electron chi connectivity index (χ4n) is 2.11. The normalized spacial score (nSPS) is 12.1. The predicted molar refractivity (Wildman–Crippen MR) is 91.6 cm³/mol. The van der Waals surface area contributed by atoms with Crippen LogP contribution in [0.15, 0.2) is 12.4 Å². The summed E-state index contributed by atoms with van der Waals surface area (Å²) in [6.45, 7) is 2.46. The standard InChI is InChI=1S/C16H18F5N7/c1-9-12(7-28(27-9)15(2,3)8-22)25-14-23-6-11(16(19,20)21)13(26-14)24-10(4-17)5-18/h6-7,10H,4-5H2,1-3H3,(H2,23,24,25,26). The third-order valence-corrected chi connectivity index (χ3v) is 3.80. The summed E-state index contributed by atoms with van der Waals surface area (Å²) in [5, 5.41) is 18.2. The van der Waals surface area contributed by atoms with E-state index in [4.69, 9.17) is 0 Å². The largest absolute Gasteiger partial charge is 0.421 e. The maximum absolute atomic E-state index is 13.1. The first-order chi connectivity index (χ1) is 13.0. The number of hydrogen-bond donors (Lipinski definition) is 2. The Hall–Kier alpha value is -2.97. The number of anilines is 3. The predicted octanol–water partition coefficient (Wildman–Crippen LogP) is 3.72. The number of rotatable bonds is 7. The molecule has 152 valence electrons. The van der Waals surface area contributed by atoms with Crippen molar-refractivity contribution < 1.29 is 22.0 Å². The van der Waals surface area contributed by atoms with Gasteiger partial charge in [0, 0.05) is 6.20 Å². The zero-order chi connectivity index (χ0) is 21.1. The van der Waals surface area contributed by atoms with Crippen LogP contribution in [0.4, 0.5) is 39.4 Å². The average molecular weight is 403 g/mol. The van der Waals surface area contributed by atoms with Gasteiger partial charge in [-0.25, -0.2) is 13.8 Å². The maximum atomic E-state index is 13.1. The highest BCUT2D eigenvalue weighted by Crippen LogP contribution is 2.34. The molecule has 2 aromatic heterocycles. The minimum Gasteiger partial charge on any atom is -0.361 e. The summed E-state index contributed by atoms with van der Waals surface area (Å²) in [6, 6.07) is 0.597. The second-order valence-electron chi connectivity index (χ2n) is 6.47. The Morgan fingerprint density at radius 1 is 1.25 bits per heavy atom. The number of aryl methyl sites for hydroxylation is 1. The Morgan fingerprint density at radius 2 is 1.89 bits per heavy atom. The van der Waals surface area contributed by atoms with Crippen molar-refractivity contribution in [2.75, 3.05) is 24.0 Å². The highest BCUT2D eigenvalue weighted by atomic mass is 19.4. The molecule has 7 nitrogen and oxygen atoms in total. The van der Waals surface area contributed by atoms with Crippen molar-refractivity contribution in [3.63, 3.8) is 0 Å². The van der Waals surface area contributed by atoms with Crippen LogP contribution in [-0.4, -0.2) is 39.1 Å². The monoisotopic (exact) mass is 403 g/mol. The fourth-order valence-corrected chi connectivity index (χ4v) is 2.11. The zero-order valence-corrected chi connectivity index (χ0v) is 15.3. The molecule has 0 aliphatic heterocycles. The van der Waals surface area contributed by atoms with Crippen molar-refractivity contribution in [2.24, 2.45) is 0 Å². The van der Waals surface area contributed by atoms with Crippen LogP contribution in [0.1, 0.15) is 25.1 Å². The second kappa shape index (κ2) is 7.95. The Kier molecular flexibility index (Phi) is 6.06. The molecular weight excluding hydrogens is 385 g/mol. The van der Waals surface area contributed by atoms with Crippen LogP contribution < -0.4 is 10.6 Å². The average Bonchev–Trinajstić information content (AvgIpc) is 3.00. The summed E-state index contributed by atoms with van der Waals surface area (Å²) in [4.78, 5) is 7.34. The van der Waals surface area contributed by atoms with E-state index in [1.807, 2.05) is 0 Å². The summed E-state index contributed by atoms with van der Waals surface area (Å²) in [7, 11) is 0. The number of hydrogen-bond acceptors (Lipinski definition) is 6. The van der Waals surface area contributed by atoms with Gasteiger partial charge in [0.1, 0.15) is 30.3 Å². The van der Waals surface area contributed by atoms with E-state index < -0.39 is 42.5 Å². The first-order valence-electron chi connectivity index (χ1n) is 8.09. The van der Waals surface area contributed by atoms with Crippen LogP contribution in [0.5, 0.6) is 0 Å². The van der Waals surface area contributed by atoms with Gasteiger partial charge in [-0.2, -0.15) is 28.5 Å². The van der Waals surface area contributed by atoms with E-state index in [-0.39, 0.29) is 5.95 Å². The maximum Gasteiger partial charge on any atom is 0.421 e. The summed E-state index contributed by atoms with van der Waals surface area (Å²) in [5.74, 6) is -0.975. The van der Waals surface area contributed by atoms with Gasteiger partial charge in [-0.3, -0.25) is 4.68 Å². The molecule has 0 amide bonds. The van der Waals surface area contributed by atoms with E-state index in [0.29, 0.717) is 17.6 Å². The molecule has 0 aliphatic carbocycles. The van der Waals surface area contributed by atoms with Gasteiger partial charge in [0.15, 0.2) is 0 Å². The van der Waals surface area contributed by atoms with E-state index in [9.17, 15) is 27.2 Å². The smallest absolute Gasteiger partial charge is 0.361 e. The van der Waals surface area contributed by atoms with Crippen molar-refractivity contribution in [3.05, 3.63) is 23.7 Å². The van der Waals surface area contributed by atoms with Crippen LogP contribution in [0.3, 0.4) is 0 Å². The molecule has 0 spiro atoms. The van der Waals surface area contributed by atoms with Crippen LogP contribution in [0.25, 0.3) is 0 Å². The molecule has 0 radical (unpaired) electrons. The van der Waals surface area contributed by atoms with Gasteiger partial charge in [-0.1, -0.05) is 0 Å². The number of halogens is 5. The SMILES string of the molecule is Cc1nn(C(C)(C)C#N)cc1Nc1ncc(C(F)(F)F)c(NC(CF)CF)n1. The summed E-state index contributed by atoms with van der Waals surface area (Å²) >= 11 is 0. The second-order valence-corrected chi connectivity index (χ2v) is 6.47. The Labute approximate surface area is 157 Å². The van der Waals surface area contributed by atoms with Crippen LogP contribution in [0, 0.1) is 18.3 Å². The Balaban J connectivity index is 2.38. The van der Waals surface area contributed by atoms with E-state index in [1.165, 1.54) is 10.9 Å². The van der Waals surface area contributed by atoms with E-state index in [1.54, 1.807) is 20.8 Å². The van der Waals surface area contributed by atoms with Crippen LogP contribution in [0.2, 0.25) is 0 Å². The minimum absolute atomic E-state index is 0.232. The van der Waals surface area contributed by atoms with Gasteiger partial charge < -0.3 is 10.6 Å². The fraction of sp³-hybridized carbons (Fsp3) is 0.500. The first-order valence-corrected chi connectivity index (χ1v) is 8.09. The molecule has 2 heterocycles. The third-order valence-electron chi connectivity index (χ3n) is 3.80. The van der Waals surface area contributed by atoms with Gasteiger partial charge in [-0.15, -0.1) is 0 Å². The van der Waals surface area contributed by atoms with E-state index in [0.717, 1.165) is 0 Å². The molecule has 0 bridgehead atoms. The van der Waals surface area contributed by atoms with Gasteiger partial charge in [0.2, 0.25) is 5.95 Å². The lowest BCUT2D eigenvalue weighted by Crippen LogP contribution is -2.27. The molecule has 0 fully saturated rings. The zero-order valence-electron chi connectivity index (χ0n) is 15.3. The van der Waals surface area contributed by atoms with Crippen LogP contribution >= 0.6 is 0 Å². The van der Waals surface area contributed by atoms with Crippen molar-refractivity contribution in [3.8, 4) is 6.07 Å². The Bertz CT molecular complexity index is 865. The summed E-state index contributed by atoms with van der Waals surface area (Å²) in [5.41, 5.74) is -1.38. The molecule has 2 rings (SSSR count). The number of aromatic nitrogens is 4. The highest BCUT2D eigenvalue weighted by Gasteiger charge is 2.36. The lowest BCUT2D eigenvalue weighted by Gasteiger charge is -2.18. The first kappa shape index (κ1) is 21.3. The van der Waals surface area contributed by atoms with Gasteiger partial charge in [0.25, 0.3) is 0 Å². The molecule has 0 unspecified atom stereocenters. The highest BCUT2D eigenvalue weighted by molar-refractivity contribution is 5.58. The summed E-state index contributed by atoms with van der Waals surface area (Å²) in [6.07, 6.45) is -2.81. The number of nitriles is 1. The van der Waals surface area contributed by atoms with Gasteiger partial charge in [0.05, 0.1) is 29.7 Å². The van der Waals surface area contributed by atoms with Crippen molar-refractivity contribution in [2.45, 2.75) is 38.5 Å². The van der Waals surface area contributed by atoms with Gasteiger partial charge in [-0.05, 0) is 20.8 Å². The number of nitrogens with zero attached hydrogens (tertiary/aromatic N) is 5. The van der Waals surface area contributed by atoms with Crippen molar-refractivity contribution in [1.29, 1.82) is 5.26 Å². The molecule has 0 aromatic carbocycles.